The number of thiophene rings is 1. The van der Waals surface area contributed by atoms with Crippen LogP contribution in [0.25, 0.3) is 10.9 Å². The van der Waals surface area contributed by atoms with Crippen molar-refractivity contribution < 1.29 is 13.2 Å². The number of nitrogens with zero attached hydrogens (tertiary/aromatic N) is 1. The summed E-state index contributed by atoms with van der Waals surface area (Å²) in [4.78, 5) is 4.19. The molecule has 0 atom stereocenters. The van der Waals surface area contributed by atoms with Crippen molar-refractivity contribution in [1.29, 1.82) is 0 Å². The standard InChI is InChI=1S/C15H7Cl2F3INS/c16-13-9-5-7(21)1-3-11(9)22-14(17)10(13)6-8-2-4-12(23-8)15(18,19)20/h1-5H,6H2. The largest absolute Gasteiger partial charge is 0.425 e. The highest BCUT2D eigenvalue weighted by molar-refractivity contribution is 14.1. The van der Waals surface area contributed by atoms with E-state index in [0.717, 1.165) is 15.0 Å². The summed E-state index contributed by atoms with van der Waals surface area (Å²) in [5.41, 5.74) is 1.20. The zero-order chi connectivity index (χ0) is 16.8. The van der Waals surface area contributed by atoms with E-state index in [9.17, 15) is 13.2 Å². The van der Waals surface area contributed by atoms with E-state index < -0.39 is 11.1 Å². The number of benzene rings is 1. The highest BCUT2D eigenvalue weighted by Crippen LogP contribution is 2.38. The number of aromatic nitrogens is 1. The summed E-state index contributed by atoms with van der Waals surface area (Å²) in [6.07, 6.45) is -4.12. The average Bonchev–Trinajstić information content (AvgIpc) is 2.93. The van der Waals surface area contributed by atoms with Crippen molar-refractivity contribution in [1.82, 2.24) is 4.98 Å². The molecule has 23 heavy (non-hydrogen) atoms. The van der Waals surface area contributed by atoms with E-state index in [1.165, 1.54) is 6.07 Å². The van der Waals surface area contributed by atoms with E-state index in [1.54, 1.807) is 0 Å². The molecule has 2 heterocycles. The van der Waals surface area contributed by atoms with Gasteiger partial charge in [-0.2, -0.15) is 13.2 Å². The number of alkyl halides is 3. The molecule has 0 aliphatic rings. The Hall–Kier alpha value is -0.570. The predicted molar refractivity (Wildman–Crippen MR) is 96.6 cm³/mol. The molecule has 0 saturated carbocycles. The molecule has 0 amide bonds. The minimum atomic E-state index is -4.34. The predicted octanol–water partition coefficient (Wildman–Crippen LogP) is 6.82. The van der Waals surface area contributed by atoms with Crippen LogP contribution in [-0.4, -0.2) is 4.98 Å². The first kappa shape index (κ1) is 17.3. The lowest BCUT2D eigenvalue weighted by molar-refractivity contribution is -0.134. The molecule has 0 saturated heterocycles. The van der Waals surface area contributed by atoms with E-state index in [-0.39, 0.29) is 11.6 Å². The molecule has 0 bridgehead atoms. The number of hydrogen-bond acceptors (Lipinski definition) is 2. The first-order chi connectivity index (χ1) is 10.8. The number of hydrogen-bond donors (Lipinski definition) is 0. The van der Waals surface area contributed by atoms with Gasteiger partial charge in [0.25, 0.3) is 0 Å². The molecule has 0 unspecified atom stereocenters. The fourth-order valence-electron chi connectivity index (χ4n) is 2.16. The van der Waals surface area contributed by atoms with Gasteiger partial charge in [-0.25, -0.2) is 4.98 Å². The summed E-state index contributed by atoms with van der Waals surface area (Å²) < 4.78 is 39.1. The number of fused-ring (bicyclic) bond motifs is 1. The smallest absolute Gasteiger partial charge is 0.236 e. The highest BCUT2D eigenvalue weighted by atomic mass is 127. The van der Waals surface area contributed by atoms with Crippen molar-refractivity contribution in [3.05, 3.63) is 59.4 Å². The normalized spacial score (nSPS) is 12.1. The lowest BCUT2D eigenvalue weighted by Crippen LogP contribution is -2.00. The topological polar surface area (TPSA) is 12.9 Å². The zero-order valence-electron chi connectivity index (χ0n) is 11.2. The molecule has 0 aliphatic carbocycles. The van der Waals surface area contributed by atoms with Crippen molar-refractivity contribution in [3.8, 4) is 0 Å². The molecule has 2 aromatic heterocycles. The first-order valence-electron chi connectivity index (χ1n) is 6.35. The van der Waals surface area contributed by atoms with Gasteiger partial charge in [-0.3, -0.25) is 0 Å². The summed E-state index contributed by atoms with van der Waals surface area (Å²) in [6.45, 7) is 0. The van der Waals surface area contributed by atoms with Gasteiger partial charge in [0, 0.05) is 25.8 Å². The van der Waals surface area contributed by atoms with Gasteiger partial charge >= 0.3 is 6.18 Å². The fraction of sp³-hybridized carbons (Fsp3) is 0.133. The third-order valence-electron chi connectivity index (χ3n) is 3.22. The first-order valence-corrected chi connectivity index (χ1v) is 9.00. The summed E-state index contributed by atoms with van der Waals surface area (Å²) in [5.74, 6) is 0. The maximum absolute atomic E-state index is 12.7. The molecule has 3 aromatic rings. The average molecular weight is 488 g/mol. The lowest BCUT2D eigenvalue weighted by Gasteiger charge is -2.09. The Bertz CT molecular complexity index is 892. The second-order valence-corrected chi connectivity index (χ2v) is 7.95. The Morgan fingerprint density at radius 2 is 1.87 bits per heavy atom. The van der Waals surface area contributed by atoms with Crippen LogP contribution in [0, 0.1) is 3.57 Å². The van der Waals surface area contributed by atoms with Crippen LogP contribution in [0.15, 0.2) is 30.3 Å². The summed E-state index contributed by atoms with van der Waals surface area (Å²) >= 11 is 15.4. The minimum Gasteiger partial charge on any atom is -0.236 e. The van der Waals surface area contributed by atoms with Crippen LogP contribution in [0.3, 0.4) is 0 Å². The van der Waals surface area contributed by atoms with E-state index in [4.69, 9.17) is 23.2 Å². The molecule has 0 N–H and O–H groups in total. The molecule has 0 aliphatic heterocycles. The van der Waals surface area contributed by atoms with Crippen LogP contribution < -0.4 is 0 Å². The van der Waals surface area contributed by atoms with Gasteiger partial charge in [0.05, 0.1) is 10.5 Å². The molecular formula is C15H7Cl2F3INS. The molecule has 120 valence electrons. The Balaban J connectivity index is 2.04. The van der Waals surface area contributed by atoms with Gasteiger partial charge in [0.2, 0.25) is 0 Å². The maximum Gasteiger partial charge on any atom is 0.425 e. The Morgan fingerprint density at radius 1 is 1.13 bits per heavy atom. The van der Waals surface area contributed by atoms with Crippen LogP contribution in [0.5, 0.6) is 0 Å². The Labute approximate surface area is 157 Å². The second kappa shape index (κ2) is 6.38. The molecule has 0 spiro atoms. The van der Waals surface area contributed by atoms with Crippen molar-refractivity contribution in [2.24, 2.45) is 0 Å². The lowest BCUT2D eigenvalue weighted by atomic mass is 10.1. The fourth-order valence-corrected chi connectivity index (χ4v) is 4.14. The van der Waals surface area contributed by atoms with E-state index in [2.05, 4.69) is 27.6 Å². The number of pyridine rings is 1. The van der Waals surface area contributed by atoms with Crippen molar-refractivity contribution in [2.75, 3.05) is 0 Å². The number of rotatable bonds is 2. The molecule has 8 heteroatoms. The monoisotopic (exact) mass is 487 g/mol. The van der Waals surface area contributed by atoms with Gasteiger partial charge in [0.1, 0.15) is 10.0 Å². The number of halogens is 6. The summed E-state index contributed by atoms with van der Waals surface area (Å²) in [6, 6.07) is 8.08. The summed E-state index contributed by atoms with van der Waals surface area (Å²) in [7, 11) is 0. The van der Waals surface area contributed by atoms with Gasteiger partial charge in [-0.15, -0.1) is 11.3 Å². The Morgan fingerprint density at radius 3 is 2.52 bits per heavy atom. The molecule has 0 fully saturated rings. The molecule has 3 rings (SSSR count). The van der Waals surface area contributed by atoms with Crippen molar-refractivity contribution in [3.63, 3.8) is 0 Å². The summed E-state index contributed by atoms with van der Waals surface area (Å²) in [5, 5.41) is 1.39. The highest BCUT2D eigenvalue weighted by Gasteiger charge is 2.32. The molecule has 1 aromatic carbocycles. The van der Waals surface area contributed by atoms with E-state index >= 15 is 0 Å². The quantitative estimate of drug-likeness (QED) is 0.285. The third-order valence-corrected chi connectivity index (χ3v) is 5.77. The molecule has 1 nitrogen and oxygen atoms in total. The van der Waals surface area contributed by atoms with Crippen LogP contribution in [0.2, 0.25) is 10.2 Å². The third kappa shape index (κ3) is 3.60. The Kier molecular flexibility index (Phi) is 4.79. The van der Waals surface area contributed by atoms with Crippen molar-refractivity contribution >= 4 is 68.0 Å². The van der Waals surface area contributed by atoms with E-state index in [1.807, 2.05) is 18.2 Å². The minimum absolute atomic E-state index is 0.214. The zero-order valence-corrected chi connectivity index (χ0v) is 15.7. The van der Waals surface area contributed by atoms with Gasteiger partial charge < -0.3 is 0 Å². The molecule has 0 radical (unpaired) electrons. The van der Waals surface area contributed by atoms with Crippen LogP contribution >= 0.6 is 57.1 Å². The van der Waals surface area contributed by atoms with Crippen LogP contribution in [0.1, 0.15) is 15.3 Å². The van der Waals surface area contributed by atoms with Crippen LogP contribution in [0.4, 0.5) is 13.2 Å². The van der Waals surface area contributed by atoms with Crippen LogP contribution in [-0.2, 0) is 12.6 Å². The van der Waals surface area contributed by atoms with Gasteiger partial charge in [0.15, 0.2) is 0 Å². The van der Waals surface area contributed by atoms with Gasteiger partial charge in [-0.1, -0.05) is 23.2 Å². The SMILES string of the molecule is FC(F)(F)c1ccc(Cc2c(Cl)nc3ccc(I)cc3c2Cl)s1. The molecular weight excluding hydrogens is 481 g/mol. The van der Waals surface area contributed by atoms with E-state index in [0.29, 0.717) is 32.3 Å². The maximum atomic E-state index is 12.7. The van der Waals surface area contributed by atoms with Gasteiger partial charge in [-0.05, 0) is 52.9 Å². The van der Waals surface area contributed by atoms with Crippen molar-refractivity contribution in [2.45, 2.75) is 12.6 Å². The second-order valence-electron chi connectivity index (χ2n) is 4.80.